The van der Waals surface area contributed by atoms with Crippen molar-refractivity contribution in [2.45, 2.75) is 31.9 Å². The molecule has 1 atom stereocenters. The summed E-state index contributed by atoms with van der Waals surface area (Å²) in [7, 11) is 0. The summed E-state index contributed by atoms with van der Waals surface area (Å²) >= 11 is 0. The number of anilines is 1. The van der Waals surface area contributed by atoms with E-state index in [0.29, 0.717) is 57.0 Å². The van der Waals surface area contributed by atoms with E-state index in [1.54, 1.807) is 5.01 Å². The molecule has 3 saturated heterocycles. The average molecular weight is 451 g/mol. The van der Waals surface area contributed by atoms with Crippen molar-refractivity contribution in [1.29, 1.82) is 0 Å². The van der Waals surface area contributed by atoms with Gasteiger partial charge >= 0.3 is 6.61 Å². The number of aromatic nitrogens is 2. The summed E-state index contributed by atoms with van der Waals surface area (Å²) in [6.07, 6.45) is 4.16. The molecule has 5 rings (SSSR count). The van der Waals surface area contributed by atoms with Crippen LogP contribution in [-0.2, 0) is 4.79 Å². The van der Waals surface area contributed by atoms with E-state index in [2.05, 4.69) is 14.7 Å². The van der Waals surface area contributed by atoms with Gasteiger partial charge in [0.1, 0.15) is 11.6 Å². The van der Waals surface area contributed by atoms with Crippen molar-refractivity contribution in [3.05, 3.63) is 47.8 Å². The van der Waals surface area contributed by atoms with Gasteiger partial charge in [0.25, 0.3) is 0 Å². The Bertz CT molecular complexity index is 993. The smallest absolute Gasteiger partial charge is 0.387 e. The Morgan fingerprint density at radius 1 is 1.03 bits per heavy atom. The maximum absolute atomic E-state index is 13.7. The fourth-order valence-electron chi connectivity index (χ4n) is 5.00. The molecule has 1 spiro atoms. The number of carbonyl (C=O) groups is 1. The molecule has 0 radical (unpaired) electrons. The second kappa shape index (κ2) is 7.88. The van der Waals surface area contributed by atoms with Crippen molar-refractivity contribution >= 4 is 11.9 Å². The number of carbonyl (C=O) groups excluding carboxylic acids is 1. The van der Waals surface area contributed by atoms with Crippen LogP contribution in [0.25, 0.3) is 0 Å². The monoisotopic (exact) mass is 451 g/mol. The lowest BCUT2D eigenvalue weighted by atomic mass is 9.78. The van der Waals surface area contributed by atoms with Gasteiger partial charge in [-0.15, -0.1) is 0 Å². The highest BCUT2D eigenvalue weighted by atomic mass is 19.3. The van der Waals surface area contributed by atoms with Gasteiger partial charge in [0.2, 0.25) is 11.9 Å². The SMILES string of the molecule is O=C1N2[C@H](c3cc(F)cc(F)c3)CCN2CC12CCN(c1ncc(OC(F)F)cn1)CC2. The predicted octanol–water partition coefficient (Wildman–Crippen LogP) is 3.15. The maximum atomic E-state index is 13.7. The van der Waals surface area contributed by atoms with Gasteiger partial charge < -0.3 is 9.64 Å². The van der Waals surface area contributed by atoms with Crippen molar-refractivity contribution in [2.75, 3.05) is 31.1 Å². The van der Waals surface area contributed by atoms with Crippen molar-refractivity contribution in [2.24, 2.45) is 5.41 Å². The largest absolute Gasteiger partial charge is 0.432 e. The first-order chi connectivity index (χ1) is 15.3. The minimum Gasteiger partial charge on any atom is -0.432 e. The van der Waals surface area contributed by atoms with Gasteiger partial charge in [-0.25, -0.2) is 23.8 Å². The van der Waals surface area contributed by atoms with Crippen LogP contribution < -0.4 is 9.64 Å². The first-order valence-corrected chi connectivity index (χ1v) is 10.4. The Morgan fingerprint density at radius 3 is 2.31 bits per heavy atom. The molecule has 7 nitrogen and oxygen atoms in total. The minimum atomic E-state index is -2.94. The number of hydrogen-bond donors (Lipinski definition) is 0. The number of fused-ring (bicyclic) bond motifs is 1. The summed E-state index contributed by atoms with van der Waals surface area (Å²) in [5, 5.41) is 3.66. The summed E-state index contributed by atoms with van der Waals surface area (Å²) in [5.74, 6) is -1.06. The fraction of sp³-hybridized carbons (Fsp3) is 0.476. The second-order valence-electron chi connectivity index (χ2n) is 8.41. The Balaban J connectivity index is 1.28. The number of alkyl halides is 2. The van der Waals surface area contributed by atoms with E-state index in [1.165, 1.54) is 24.5 Å². The fourth-order valence-corrected chi connectivity index (χ4v) is 5.00. The van der Waals surface area contributed by atoms with Gasteiger partial charge in [0.15, 0.2) is 5.75 Å². The first kappa shape index (κ1) is 20.9. The standard InChI is InChI=1S/C21H21F4N5O2/c22-14-7-13(8-15(23)9-14)17-1-4-29-12-21(18(31)30(17)29)2-5-28(6-3-21)20-26-10-16(11-27-20)32-19(24)25/h7-11,17,19H,1-6,12H2/t17-/m0/s1. The second-order valence-corrected chi connectivity index (χ2v) is 8.41. The van der Waals surface area contributed by atoms with Crippen LogP contribution in [0, 0.1) is 17.0 Å². The molecule has 0 aliphatic carbocycles. The van der Waals surface area contributed by atoms with Gasteiger partial charge in [-0.1, -0.05) is 0 Å². The lowest BCUT2D eigenvalue weighted by molar-refractivity contribution is -0.143. The Hall–Kier alpha value is -2.95. The molecule has 4 heterocycles. The summed E-state index contributed by atoms with van der Waals surface area (Å²) in [4.78, 5) is 23.6. The molecule has 170 valence electrons. The number of piperidine rings is 1. The first-order valence-electron chi connectivity index (χ1n) is 10.4. The summed E-state index contributed by atoms with van der Waals surface area (Å²) in [6, 6.07) is 3.03. The topological polar surface area (TPSA) is 61.8 Å². The highest BCUT2D eigenvalue weighted by molar-refractivity contribution is 5.85. The van der Waals surface area contributed by atoms with Crippen LogP contribution in [0.3, 0.4) is 0 Å². The number of hydrogen-bond acceptors (Lipinski definition) is 6. The molecule has 11 heteroatoms. The van der Waals surface area contributed by atoms with E-state index < -0.39 is 23.7 Å². The molecule has 0 N–H and O–H groups in total. The van der Waals surface area contributed by atoms with Gasteiger partial charge in [-0.2, -0.15) is 8.78 Å². The number of amides is 1. The van der Waals surface area contributed by atoms with Crippen molar-refractivity contribution < 1.29 is 27.1 Å². The Labute approximate surface area is 181 Å². The summed E-state index contributed by atoms with van der Waals surface area (Å²) < 4.78 is 56.3. The molecule has 2 aromatic rings. The van der Waals surface area contributed by atoms with Crippen LogP contribution in [0.15, 0.2) is 30.6 Å². The van der Waals surface area contributed by atoms with Gasteiger partial charge in [-0.05, 0) is 37.0 Å². The van der Waals surface area contributed by atoms with E-state index in [0.717, 1.165) is 6.07 Å². The maximum Gasteiger partial charge on any atom is 0.387 e. The molecule has 1 aromatic heterocycles. The van der Waals surface area contributed by atoms with E-state index in [9.17, 15) is 22.4 Å². The Morgan fingerprint density at radius 2 is 1.69 bits per heavy atom. The summed E-state index contributed by atoms with van der Waals surface area (Å²) in [5.41, 5.74) is -0.105. The van der Waals surface area contributed by atoms with E-state index >= 15 is 0 Å². The summed E-state index contributed by atoms with van der Waals surface area (Å²) in [6.45, 7) is -0.668. The lowest BCUT2D eigenvalue weighted by Crippen LogP contribution is -2.46. The highest BCUT2D eigenvalue weighted by Gasteiger charge is 2.56. The van der Waals surface area contributed by atoms with Crippen molar-refractivity contribution in [1.82, 2.24) is 20.0 Å². The molecular weight excluding hydrogens is 430 g/mol. The van der Waals surface area contributed by atoms with Crippen molar-refractivity contribution in [3.63, 3.8) is 0 Å². The molecule has 0 saturated carbocycles. The van der Waals surface area contributed by atoms with Crippen LogP contribution in [0.5, 0.6) is 5.75 Å². The molecule has 3 fully saturated rings. The van der Waals surface area contributed by atoms with Crippen LogP contribution in [0.1, 0.15) is 30.9 Å². The van der Waals surface area contributed by atoms with Crippen molar-refractivity contribution in [3.8, 4) is 5.75 Å². The molecule has 32 heavy (non-hydrogen) atoms. The lowest BCUT2D eigenvalue weighted by Gasteiger charge is -2.37. The molecular formula is C21H21F4N5O2. The van der Waals surface area contributed by atoms with Crippen LogP contribution in [0.4, 0.5) is 23.5 Å². The van der Waals surface area contributed by atoms with Gasteiger partial charge in [0, 0.05) is 32.2 Å². The third-order valence-corrected chi connectivity index (χ3v) is 6.52. The number of benzene rings is 1. The third-order valence-electron chi connectivity index (χ3n) is 6.52. The molecule has 0 unspecified atom stereocenters. The van der Waals surface area contributed by atoms with Crippen LogP contribution in [0.2, 0.25) is 0 Å². The van der Waals surface area contributed by atoms with Crippen LogP contribution in [-0.4, -0.2) is 58.7 Å². The molecule has 0 bridgehead atoms. The third kappa shape index (κ3) is 3.64. The normalized spacial score (nSPS) is 22.8. The zero-order valence-corrected chi connectivity index (χ0v) is 17.1. The molecule has 3 aliphatic heterocycles. The van der Waals surface area contributed by atoms with E-state index in [4.69, 9.17) is 0 Å². The van der Waals surface area contributed by atoms with Crippen LogP contribution >= 0.6 is 0 Å². The van der Waals surface area contributed by atoms with Gasteiger partial charge in [-0.3, -0.25) is 9.80 Å². The minimum absolute atomic E-state index is 0.0223. The zero-order chi connectivity index (χ0) is 22.5. The number of rotatable bonds is 4. The highest BCUT2D eigenvalue weighted by Crippen LogP contribution is 2.47. The molecule has 1 aromatic carbocycles. The number of ether oxygens (including phenoxy) is 1. The number of hydrazine groups is 1. The van der Waals surface area contributed by atoms with E-state index in [-0.39, 0.29) is 17.7 Å². The average Bonchev–Trinajstić information content (AvgIpc) is 3.27. The quantitative estimate of drug-likeness (QED) is 0.666. The number of nitrogens with zero attached hydrogens (tertiary/aromatic N) is 5. The van der Waals surface area contributed by atoms with E-state index in [1.807, 2.05) is 9.91 Å². The zero-order valence-electron chi connectivity index (χ0n) is 17.1. The van der Waals surface area contributed by atoms with Gasteiger partial charge in [0.05, 0.1) is 23.9 Å². The Kier molecular flexibility index (Phi) is 5.15. The molecule has 1 amide bonds. The number of halogens is 4. The predicted molar refractivity (Wildman–Crippen MR) is 105 cm³/mol. The molecule has 3 aliphatic rings.